The van der Waals surface area contributed by atoms with Gasteiger partial charge in [-0.05, 0) is 11.8 Å². The lowest BCUT2D eigenvalue weighted by Gasteiger charge is -2.24. The number of hydrogen-bond donors (Lipinski definition) is 2. The zero-order valence-corrected chi connectivity index (χ0v) is 8.33. The van der Waals surface area contributed by atoms with Crippen LogP contribution in [0.1, 0.15) is 39.0 Å². The Labute approximate surface area is 79.9 Å². The lowest BCUT2D eigenvalue weighted by molar-refractivity contribution is -0.118. The van der Waals surface area contributed by atoms with E-state index in [2.05, 4.69) is 6.92 Å². The Morgan fingerprint density at radius 1 is 1.46 bits per heavy atom. The van der Waals surface area contributed by atoms with Crippen LogP contribution in [0.2, 0.25) is 0 Å². The number of primary amides is 1. The first kappa shape index (κ1) is 10.5. The topological polar surface area (TPSA) is 69.1 Å². The van der Waals surface area contributed by atoms with Gasteiger partial charge in [0.25, 0.3) is 0 Å². The van der Waals surface area contributed by atoms with Crippen LogP contribution in [0.5, 0.6) is 0 Å². The minimum atomic E-state index is -0.280. The molecule has 0 aromatic carbocycles. The molecule has 0 radical (unpaired) electrons. The minimum Gasteiger partial charge on any atom is -0.370 e. The second kappa shape index (κ2) is 4.61. The van der Waals surface area contributed by atoms with E-state index in [4.69, 9.17) is 11.5 Å². The molecule has 76 valence electrons. The Balaban J connectivity index is 2.36. The van der Waals surface area contributed by atoms with Crippen LogP contribution in [0.15, 0.2) is 0 Å². The fourth-order valence-electron chi connectivity index (χ4n) is 2.25. The van der Waals surface area contributed by atoms with Gasteiger partial charge < -0.3 is 11.5 Å². The van der Waals surface area contributed by atoms with Crippen LogP contribution in [0, 0.1) is 11.8 Å². The second-order valence-electron chi connectivity index (χ2n) is 4.24. The van der Waals surface area contributed by atoms with E-state index in [-0.39, 0.29) is 11.9 Å². The highest BCUT2D eigenvalue weighted by molar-refractivity contribution is 5.74. The predicted octanol–water partition coefficient (Wildman–Crippen LogP) is 1.02. The van der Waals surface area contributed by atoms with E-state index >= 15 is 0 Å². The summed E-state index contributed by atoms with van der Waals surface area (Å²) in [7, 11) is 0. The summed E-state index contributed by atoms with van der Waals surface area (Å²) in [4.78, 5) is 10.7. The molecule has 3 nitrogen and oxygen atoms in total. The third kappa shape index (κ3) is 2.99. The molecule has 1 rings (SSSR count). The van der Waals surface area contributed by atoms with Crippen molar-refractivity contribution in [3.8, 4) is 0 Å². The molecule has 1 fully saturated rings. The number of hydrogen-bond acceptors (Lipinski definition) is 2. The van der Waals surface area contributed by atoms with E-state index in [0.29, 0.717) is 18.3 Å². The van der Waals surface area contributed by atoms with E-state index in [1.807, 2.05) is 0 Å². The Bertz CT molecular complexity index is 176. The normalized spacial score (nSPS) is 22.9. The molecular weight excluding hydrogens is 164 g/mol. The second-order valence-corrected chi connectivity index (χ2v) is 4.24. The van der Waals surface area contributed by atoms with Gasteiger partial charge >= 0.3 is 0 Å². The molecule has 13 heavy (non-hydrogen) atoms. The molecule has 1 aliphatic rings. The number of carbonyl (C=O) groups is 1. The zero-order chi connectivity index (χ0) is 9.84. The predicted molar refractivity (Wildman–Crippen MR) is 52.9 cm³/mol. The molecule has 1 saturated carbocycles. The van der Waals surface area contributed by atoms with Gasteiger partial charge in [-0.15, -0.1) is 0 Å². The first-order valence-electron chi connectivity index (χ1n) is 5.15. The SMILES string of the molecule is CC(C(N)CC(N)=O)C1CCCC1. The average molecular weight is 184 g/mol. The molecule has 1 amide bonds. The summed E-state index contributed by atoms with van der Waals surface area (Å²) in [6, 6.07) is -0.0411. The number of carbonyl (C=O) groups excluding carboxylic acids is 1. The third-order valence-electron chi connectivity index (χ3n) is 3.26. The van der Waals surface area contributed by atoms with Gasteiger partial charge in [-0.1, -0.05) is 32.6 Å². The summed E-state index contributed by atoms with van der Waals surface area (Å²) in [5.74, 6) is 0.877. The average Bonchev–Trinajstić information content (AvgIpc) is 2.53. The molecule has 2 unspecified atom stereocenters. The quantitative estimate of drug-likeness (QED) is 0.684. The van der Waals surface area contributed by atoms with E-state index in [0.717, 1.165) is 0 Å². The lowest BCUT2D eigenvalue weighted by atomic mass is 9.85. The van der Waals surface area contributed by atoms with Crippen LogP contribution in [0.4, 0.5) is 0 Å². The maximum Gasteiger partial charge on any atom is 0.218 e. The van der Waals surface area contributed by atoms with Crippen molar-refractivity contribution in [1.29, 1.82) is 0 Å². The van der Waals surface area contributed by atoms with Crippen LogP contribution < -0.4 is 11.5 Å². The number of rotatable bonds is 4. The van der Waals surface area contributed by atoms with Crippen molar-refractivity contribution in [3.05, 3.63) is 0 Å². The fraction of sp³-hybridized carbons (Fsp3) is 0.900. The Morgan fingerprint density at radius 2 is 2.00 bits per heavy atom. The van der Waals surface area contributed by atoms with Crippen LogP contribution in [-0.2, 0) is 4.79 Å². The van der Waals surface area contributed by atoms with Crippen molar-refractivity contribution >= 4 is 5.91 Å². The third-order valence-corrected chi connectivity index (χ3v) is 3.26. The first-order chi connectivity index (χ1) is 6.11. The van der Waals surface area contributed by atoms with Crippen molar-refractivity contribution in [2.24, 2.45) is 23.3 Å². The highest BCUT2D eigenvalue weighted by atomic mass is 16.1. The molecule has 0 bridgehead atoms. The van der Waals surface area contributed by atoms with Crippen molar-refractivity contribution in [2.75, 3.05) is 0 Å². The summed E-state index contributed by atoms with van der Waals surface area (Å²) in [6.07, 6.45) is 5.51. The molecule has 0 aromatic heterocycles. The highest BCUT2D eigenvalue weighted by Crippen LogP contribution is 2.32. The van der Waals surface area contributed by atoms with Gasteiger partial charge in [-0.2, -0.15) is 0 Å². The van der Waals surface area contributed by atoms with Crippen molar-refractivity contribution in [2.45, 2.75) is 45.1 Å². The van der Waals surface area contributed by atoms with Gasteiger partial charge in [0.2, 0.25) is 5.91 Å². The van der Waals surface area contributed by atoms with Gasteiger partial charge in [0.05, 0.1) is 0 Å². The monoisotopic (exact) mass is 184 g/mol. The van der Waals surface area contributed by atoms with Crippen LogP contribution in [-0.4, -0.2) is 11.9 Å². The van der Waals surface area contributed by atoms with Crippen molar-refractivity contribution in [3.63, 3.8) is 0 Å². The fourth-order valence-corrected chi connectivity index (χ4v) is 2.25. The molecule has 1 aliphatic carbocycles. The van der Waals surface area contributed by atoms with Gasteiger partial charge in [0, 0.05) is 12.5 Å². The number of amides is 1. The number of nitrogens with two attached hydrogens (primary N) is 2. The highest BCUT2D eigenvalue weighted by Gasteiger charge is 2.26. The molecule has 0 saturated heterocycles. The summed E-state index contributed by atoms with van der Waals surface area (Å²) in [6.45, 7) is 2.14. The molecule has 0 heterocycles. The molecule has 2 atom stereocenters. The first-order valence-corrected chi connectivity index (χ1v) is 5.15. The van der Waals surface area contributed by atoms with Gasteiger partial charge in [0.1, 0.15) is 0 Å². The summed E-state index contributed by atoms with van der Waals surface area (Å²) < 4.78 is 0. The minimum absolute atomic E-state index is 0.0411. The van der Waals surface area contributed by atoms with Gasteiger partial charge in [-0.25, -0.2) is 0 Å². The Hall–Kier alpha value is -0.570. The Kier molecular flexibility index (Phi) is 3.72. The van der Waals surface area contributed by atoms with Crippen LogP contribution in [0.3, 0.4) is 0 Å². The standard InChI is InChI=1S/C10H20N2O/c1-7(8-4-2-3-5-8)9(11)6-10(12)13/h7-9H,2-6,11H2,1H3,(H2,12,13). The van der Waals surface area contributed by atoms with E-state index in [1.165, 1.54) is 25.7 Å². The van der Waals surface area contributed by atoms with Crippen molar-refractivity contribution < 1.29 is 4.79 Å². The molecule has 0 spiro atoms. The van der Waals surface area contributed by atoms with Crippen molar-refractivity contribution in [1.82, 2.24) is 0 Å². The van der Waals surface area contributed by atoms with E-state index in [9.17, 15) is 4.79 Å². The lowest BCUT2D eigenvalue weighted by Crippen LogP contribution is -2.36. The van der Waals surface area contributed by atoms with Crippen LogP contribution in [0.25, 0.3) is 0 Å². The molecule has 4 N–H and O–H groups in total. The van der Waals surface area contributed by atoms with Crippen LogP contribution >= 0.6 is 0 Å². The largest absolute Gasteiger partial charge is 0.370 e. The Morgan fingerprint density at radius 3 is 2.46 bits per heavy atom. The van der Waals surface area contributed by atoms with E-state index in [1.54, 1.807) is 0 Å². The molecular formula is C10H20N2O. The summed E-state index contributed by atoms with van der Waals surface area (Å²) >= 11 is 0. The summed E-state index contributed by atoms with van der Waals surface area (Å²) in [5, 5.41) is 0. The van der Waals surface area contributed by atoms with Gasteiger partial charge in [-0.3, -0.25) is 4.79 Å². The van der Waals surface area contributed by atoms with E-state index < -0.39 is 0 Å². The molecule has 3 heteroatoms. The molecule has 0 aliphatic heterocycles. The molecule has 0 aromatic rings. The van der Waals surface area contributed by atoms with Gasteiger partial charge in [0.15, 0.2) is 0 Å². The summed E-state index contributed by atoms with van der Waals surface area (Å²) in [5.41, 5.74) is 11.0. The maximum absolute atomic E-state index is 10.7. The smallest absolute Gasteiger partial charge is 0.218 e. The zero-order valence-electron chi connectivity index (χ0n) is 8.33. The maximum atomic E-state index is 10.7.